The maximum Gasteiger partial charge on any atom is 0.234 e. The monoisotopic (exact) mass is 321 g/mol. The molecule has 0 aromatic heterocycles. The molecular weight excluding hydrogens is 298 g/mol. The number of amides is 1. The lowest BCUT2D eigenvalue weighted by atomic mass is 9.85. The van der Waals surface area contributed by atoms with E-state index in [-0.39, 0.29) is 11.8 Å². The van der Waals surface area contributed by atoms with E-state index in [1.54, 1.807) is 0 Å². The molecule has 4 rings (SSSR count). The van der Waals surface area contributed by atoms with E-state index in [0.29, 0.717) is 6.04 Å². The lowest BCUT2D eigenvalue weighted by molar-refractivity contribution is -0.133. The molecule has 3 nitrogen and oxygen atoms in total. The first-order chi connectivity index (χ1) is 11.8. The number of carbonyl (C=O) groups excluding carboxylic acids is 1. The topological polar surface area (TPSA) is 29.5 Å². The third-order valence-corrected chi connectivity index (χ3v) is 5.40. The van der Waals surface area contributed by atoms with E-state index < -0.39 is 0 Å². The first-order valence-electron chi connectivity index (χ1n) is 8.88. The maximum absolute atomic E-state index is 13.4. The largest absolute Gasteiger partial charge is 0.457 e. The highest BCUT2D eigenvalue weighted by molar-refractivity contribution is 5.89. The SMILES string of the molecule is CN(C(=O)C1c2ccccc2Oc2ccccc21)C1CCCCC1. The molecule has 24 heavy (non-hydrogen) atoms. The van der Waals surface area contributed by atoms with Crippen LogP contribution in [0.15, 0.2) is 48.5 Å². The summed E-state index contributed by atoms with van der Waals surface area (Å²) in [6, 6.07) is 16.2. The number of likely N-dealkylation sites (N-methyl/N-ethyl adjacent to an activating group) is 1. The first-order valence-corrected chi connectivity index (χ1v) is 8.88. The third kappa shape index (κ3) is 2.58. The van der Waals surface area contributed by atoms with Crippen LogP contribution in [0, 0.1) is 0 Å². The first kappa shape index (κ1) is 15.3. The van der Waals surface area contributed by atoms with Crippen LogP contribution < -0.4 is 4.74 Å². The van der Waals surface area contributed by atoms with Gasteiger partial charge in [-0.15, -0.1) is 0 Å². The summed E-state index contributed by atoms with van der Waals surface area (Å²) in [4.78, 5) is 15.4. The van der Waals surface area contributed by atoms with Crippen molar-refractivity contribution >= 4 is 5.91 Å². The number of para-hydroxylation sites is 2. The Morgan fingerprint density at radius 3 is 2.04 bits per heavy atom. The summed E-state index contributed by atoms with van der Waals surface area (Å²) in [5, 5.41) is 0. The highest BCUT2D eigenvalue weighted by atomic mass is 16.5. The van der Waals surface area contributed by atoms with E-state index in [9.17, 15) is 4.79 Å². The van der Waals surface area contributed by atoms with Crippen LogP contribution in [0.2, 0.25) is 0 Å². The zero-order chi connectivity index (χ0) is 16.5. The van der Waals surface area contributed by atoms with Gasteiger partial charge in [0.15, 0.2) is 0 Å². The summed E-state index contributed by atoms with van der Waals surface area (Å²) in [6.45, 7) is 0. The molecule has 2 aromatic carbocycles. The van der Waals surface area contributed by atoms with Crippen LogP contribution in [-0.4, -0.2) is 23.9 Å². The molecule has 0 spiro atoms. The van der Waals surface area contributed by atoms with Crippen molar-refractivity contribution in [2.75, 3.05) is 7.05 Å². The second-order valence-electron chi connectivity index (χ2n) is 6.85. The fourth-order valence-corrected chi connectivity index (χ4v) is 4.03. The van der Waals surface area contributed by atoms with Gasteiger partial charge in [-0.05, 0) is 25.0 Å². The Morgan fingerprint density at radius 1 is 0.917 bits per heavy atom. The van der Waals surface area contributed by atoms with Crippen molar-refractivity contribution < 1.29 is 9.53 Å². The van der Waals surface area contributed by atoms with Crippen molar-refractivity contribution in [1.82, 2.24) is 4.90 Å². The zero-order valence-corrected chi connectivity index (χ0v) is 14.1. The number of carbonyl (C=O) groups is 1. The number of hydrogen-bond donors (Lipinski definition) is 0. The van der Waals surface area contributed by atoms with Gasteiger partial charge in [0.1, 0.15) is 11.5 Å². The second kappa shape index (κ2) is 6.31. The predicted octanol–water partition coefficient (Wildman–Crippen LogP) is 4.72. The molecule has 0 unspecified atom stereocenters. The summed E-state index contributed by atoms with van der Waals surface area (Å²) in [6.07, 6.45) is 5.98. The second-order valence-corrected chi connectivity index (χ2v) is 6.85. The Morgan fingerprint density at radius 2 is 1.46 bits per heavy atom. The molecule has 124 valence electrons. The standard InChI is InChI=1S/C21H23NO2/c1-22(15-9-3-2-4-10-15)21(23)20-16-11-5-7-13-18(16)24-19-14-8-6-12-17(19)20/h5-8,11-15,20H,2-4,9-10H2,1H3. The van der Waals surface area contributed by atoms with Crippen molar-refractivity contribution in [2.45, 2.75) is 44.1 Å². The Kier molecular flexibility index (Phi) is 4.01. The van der Waals surface area contributed by atoms with Crippen LogP contribution in [0.3, 0.4) is 0 Å². The van der Waals surface area contributed by atoms with Gasteiger partial charge in [-0.2, -0.15) is 0 Å². The van der Waals surface area contributed by atoms with Crippen molar-refractivity contribution in [1.29, 1.82) is 0 Å². The number of nitrogens with zero attached hydrogens (tertiary/aromatic N) is 1. The molecule has 0 atom stereocenters. The summed E-state index contributed by atoms with van der Waals surface area (Å²) < 4.78 is 6.01. The van der Waals surface area contributed by atoms with Gasteiger partial charge < -0.3 is 9.64 Å². The van der Waals surface area contributed by atoms with Crippen LogP contribution in [0.4, 0.5) is 0 Å². The van der Waals surface area contributed by atoms with E-state index in [1.807, 2.05) is 60.5 Å². The normalized spacial score (nSPS) is 17.5. The number of hydrogen-bond acceptors (Lipinski definition) is 2. The van der Waals surface area contributed by atoms with Gasteiger partial charge in [-0.3, -0.25) is 4.79 Å². The summed E-state index contributed by atoms with van der Waals surface area (Å²) >= 11 is 0. The average molecular weight is 321 g/mol. The molecule has 0 N–H and O–H groups in total. The van der Waals surface area contributed by atoms with Crippen LogP contribution in [0.25, 0.3) is 0 Å². The molecule has 0 saturated heterocycles. The van der Waals surface area contributed by atoms with Gasteiger partial charge in [0.25, 0.3) is 0 Å². The van der Waals surface area contributed by atoms with E-state index in [1.165, 1.54) is 19.3 Å². The Hall–Kier alpha value is -2.29. The van der Waals surface area contributed by atoms with Crippen molar-refractivity contribution in [3.8, 4) is 11.5 Å². The lowest BCUT2D eigenvalue weighted by Gasteiger charge is -2.36. The average Bonchev–Trinajstić information content (AvgIpc) is 2.65. The molecule has 3 heteroatoms. The van der Waals surface area contributed by atoms with Gasteiger partial charge >= 0.3 is 0 Å². The molecule has 1 heterocycles. The van der Waals surface area contributed by atoms with E-state index >= 15 is 0 Å². The van der Waals surface area contributed by atoms with Crippen molar-refractivity contribution in [3.63, 3.8) is 0 Å². The van der Waals surface area contributed by atoms with Crippen LogP contribution in [0.1, 0.15) is 49.1 Å². The van der Waals surface area contributed by atoms with E-state index in [0.717, 1.165) is 35.5 Å². The maximum atomic E-state index is 13.4. The fraction of sp³-hybridized carbons (Fsp3) is 0.381. The van der Waals surface area contributed by atoms with Crippen LogP contribution in [-0.2, 0) is 4.79 Å². The number of rotatable bonds is 2. The highest BCUT2D eigenvalue weighted by Gasteiger charge is 2.36. The van der Waals surface area contributed by atoms with E-state index in [4.69, 9.17) is 4.74 Å². The van der Waals surface area contributed by atoms with Crippen LogP contribution >= 0.6 is 0 Å². The molecule has 1 aliphatic heterocycles. The number of ether oxygens (including phenoxy) is 1. The molecule has 0 radical (unpaired) electrons. The van der Waals surface area contributed by atoms with Gasteiger partial charge in [-0.1, -0.05) is 55.7 Å². The Labute approximate surface area is 143 Å². The van der Waals surface area contributed by atoms with E-state index in [2.05, 4.69) is 0 Å². The zero-order valence-electron chi connectivity index (χ0n) is 14.1. The van der Waals surface area contributed by atoms with Crippen LogP contribution in [0.5, 0.6) is 11.5 Å². The summed E-state index contributed by atoms with van der Waals surface area (Å²) in [5.74, 6) is 1.52. The number of benzene rings is 2. The third-order valence-electron chi connectivity index (χ3n) is 5.40. The number of fused-ring (bicyclic) bond motifs is 2. The smallest absolute Gasteiger partial charge is 0.234 e. The molecule has 0 bridgehead atoms. The van der Waals surface area contributed by atoms with Gasteiger partial charge in [0.05, 0.1) is 5.92 Å². The minimum atomic E-state index is -0.266. The van der Waals surface area contributed by atoms with Crippen molar-refractivity contribution in [2.24, 2.45) is 0 Å². The molecule has 2 aromatic rings. The Balaban J connectivity index is 1.72. The molecule has 1 saturated carbocycles. The molecular formula is C21H23NO2. The predicted molar refractivity (Wildman–Crippen MR) is 94.4 cm³/mol. The van der Waals surface area contributed by atoms with Gasteiger partial charge in [-0.25, -0.2) is 0 Å². The Bertz CT molecular complexity index is 704. The molecule has 1 amide bonds. The fourth-order valence-electron chi connectivity index (χ4n) is 4.03. The minimum Gasteiger partial charge on any atom is -0.457 e. The molecule has 1 fully saturated rings. The minimum absolute atomic E-state index is 0.185. The molecule has 2 aliphatic rings. The summed E-state index contributed by atoms with van der Waals surface area (Å²) in [5.41, 5.74) is 1.95. The van der Waals surface area contributed by atoms with Crippen molar-refractivity contribution in [3.05, 3.63) is 59.7 Å². The quantitative estimate of drug-likeness (QED) is 0.801. The molecule has 1 aliphatic carbocycles. The van der Waals surface area contributed by atoms with Gasteiger partial charge in [0, 0.05) is 24.2 Å². The highest BCUT2D eigenvalue weighted by Crippen LogP contribution is 2.45. The van der Waals surface area contributed by atoms with Gasteiger partial charge in [0.2, 0.25) is 5.91 Å². The summed E-state index contributed by atoms with van der Waals surface area (Å²) in [7, 11) is 1.97. The lowest BCUT2D eigenvalue weighted by Crippen LogP contribution is -2.41.